The van der Waals surface area contributed by atoms with Crippen molar-refractivity contribution in [2.24, 2.45) is 17.6 Å². The Balaban J connectivity index is 1.52. The van der Waals surface area contributed by atoms with Crippen LogP contribution in [-0.2, 0) is 9.47 Å². The molecule has 17 heavy (non-hydrogen) atoms. The molecule has 4 atom stereocenters. The third-order valence-corrected chi connectivity index (χ3v) is 4.66. The molecule has 1 saturated carbocycles. The van der Waals surface area contributed by atoms with Crippen LogP contribution in [-0.4, -0.2) is 50.1 Å². The minimum atomic E-state index is 0.375. The number of fused-ring (bicyclic) bond motifs is 1. The van der Waals surface area contributed by atoms with Gasteiger partial charge in [-0.15, -0.1) is 0 Å². The molecule has 4 unspecified atom stereocenters. The minimum absolute atomic E-state index is 0.375. The number of nitrogens with two attached hydrogens (primary N) is 1. The van der Waals surface area contributed by atoms with Gasteiger partial charge in [-0.1, -0.05) is 6.42 Å². The van der Waals surface area contributed by atoms with E-state index in [9.17, 15) is 0 Å². The maximum absolute atomic E-state index is 6.24. The SMILES string of the molecule is NC1CCCC2CN(CC3CCOCO3)CC12. The van der Waals surface area contributed by atoms with Crippen molar-refractivity contribution in [2.75, 3.05) is 33.0 Å². The quantitative estimate of drug-likeness (QED) is 0.776. The highest BCUT2D eigenvalue weighted by Crippen LogP contribution is 2.35. The van der Waals surface area contributed by atoms with E-state index in [4.69, 9.17) is 15.2 Å². The van der Waals surface area contributed by atoms with Crippen LogP contribution in [0.4, 0.5) is 0 Å². The largest absolute Gasteiger partial charge is 0.355 e. The molecule has 4 nitrogen and oxygen atoms in total. The molecule has 0 amide bonds. The average Bonchev–Trinajstić information content (AvgIpc) is 2.74. The molecule has 3 fully saturated rings. The van der Waals surface area contributed by atoms with E-state index in [-0.39, 0.29) is 0 Å². The van der Waals surface area contributed by atoms with Crippen LogP contribution in [0.15, 0.2) is 0 Å². The van der Waals surface area contributed by atoms with Crippen molar-refractivity contribution in [3.63, 3.8) is 0 Å². The molecule has 3 aliphatic rings. The highest BCUT2D eigenvalue weighted by Gasteiger charge is 2.39. The Labute approximate surface area is 103 Å². The zero-order valence-corrected chi connectivity index (χ0v) is 10.5. The molecule has 4 heteroatoms. The zero-order chi connectivity index (χ0) is 11.7. The minimum Gasteiger partial charge on any atom is -0.355 e. The summed E-state index contributed by atoms with van der Waals surface area (Å²) in [5.41, 5.74) is 6.24. The van der Waals surface area contributed by atoms with Gasteiger partial charge in [-0.2, -0.15) is 0 Å². The fourth-order valence-electron chi connectivity index (χ4n) is 3.69. The summed E-state index contributed by atoms with van der Waals surface area (Å²) in [5, 5.41) is 0. The zero-order valence-electron chi connectivity index (χ0n) is 10.5. The maximum atomic E-state index is 6.24. The first kappa shape index (κ1) is 11.9. The summed E-state index contributed by atoms with van der Waals surface area (Å²) < 4.78 is 10.8. The third-order valence-electron chi connectivity index (χ3n) is 4.66. The molecule has 0 radical (unpaired) electrons. The lowest BCUT2D eigenvalue weighted by atomic mass is 9.78. The summed E-state index contributed by atoms with van der Waals surface area (Å²) in [7, 11) is 0. The Kier molecular flexibility index (Phi) is 3.66. The van der Waals surface area contributed by atoms with Crippen LogP contribution in [0.25, 0.3) is 0 Å². The lowest BCUT2D eigenvalue weighted by molar-refractivity contribution is -0.143. The molecule has 0 aromatic rings. The van der Waals surface area contributed by atoms with Gasteiger partial charge in [-0.3, -0.25) is 0 Å². The van der Waals surface area contributed by atoms with Crippen molar-refractivity contribution < 1.29 is 9.47 Å². The van der Waals surface area contributed by atoms with E-state index in [2.05, 4.69) is 4.90 Å². The van der Waals surface area contributed by atoms with Crippen LogP contribution in [0, 0.1) is 11.8 Å². The monoisotopic (exact) mass is 240 g/mol. The van der Waals surface area contributed by atoms with Crippen molar-refractivity contribution >= 4 is 0 Å². The third kappa shape index (κ3) is 2.65. The molecule has 0 aromatic carbocycles. The number of nitrogens with zero attached hydrogens (tertiary/aromatic N) is 1. The summed E-state index contributed by atoms with van der Waals surface area (Å²) in [6.07, 6.45) is 5.34. The Morgan fingerprint density at radius 3 is 2.88 bits per heavy atom. The van der Waals surface area contributed by atoms with E-state index in [1.807, 2.05) is 0 Å². The van der Waals surface area contributed by atoms with Gasteiger partial charge in [0.05, 0.1) is 12.7 Å². The summed E-state index contributed by atoms with van der Waals surface area (Å²) in [5.74, 6) is 1.59. The van der Waals surface area contributed by atoms with Crippen molar-refractivity contribution in [1.82, 2.24) is 4.90 Å². The Morgan fingerprint density at radius 1 is 1.18 bits per heavy atom. The molecule has 2 N–H and O–H groups in total. The molecule has 2 aliphatic heterocycles. The predicted octanol–water partition coefficient (Wildman–Crippen LogP) is 0.809. The topological polar surface area (TPSA) is 47.7 Å². The smallest absolute Gasteiger partial charge is 0.147 e. The standard InChI is InChI=1S/C13H24N2O2/c14-13-3-1-2-10-6-15(8-12(10)13)7-11-4-5-16-9-17-11/h10-13H,1-9,14H2. The van der Waals surface area contributed by atoms with Crippen LogP contribution in [0.2, 0.25) is 0 Å². The van der Waals surface area contributed by atoms with Gasteiger partial charge in [0, 0.05) is 25.7 Å². The van der Waals surface area contributed by atoms with Crippen LogP contribution in [0.3, 0.4) is 0 Å². The fraction of sp³-hybridized carbons (Fsp3) is 1.00. The Bertz CT molecular complexity index is 256. The summed E-state index contributed by atoms with van der Waals surface area (Å²) >= 11 is 0. The van der Waals surface area contributed by atoms with Crippen LogP contribution in [0.5, 0.6) is 0 Å². The van der Waals surface area contributed by atoms with Crippen molar-refractivity contribution in [3.05, 3.63) is 0 Å². The van der Waals surface area contributed by atoms with Gasteiger partial charge in [0.1, 0.15) is 6.79 Å². The molecule has 0 bridgehead atoms. The van der Waals surface area contributed by atoms with Crippen LogP contribution < -0.4 is 5.73 Å². The average molecular weight is 240 g/mol. The molecule has 2 saturated heterocycles. The Morgan fingerprint density at radius 2 is 2.12 bits per heavy atom. The molecule has 1 aliphatic carbocycles. The number of likely N-dealkylation sites (tertiary alicyclic amines) is 1. The second kappa shape index (κ2) is 5.22. The van der Waals surface area contributed by atoms with Gasteiger partial charge >= 0.3 is 0 Å². The normalized spacial score (nSPS) is 43.6. The first-order valence-corrected chi connectivity index (χ1v) is 7.00. The van der Waals surface area contributed by atoms with Crippen LogP contribution in [0.1, 0.15) is 25.7 Å². The highest BCUT2D eigenvalue weighted by molar-refractivity contribution is 4.93. The summed E-state index contributed by atoms with van der Waals surface area (Å²) in [6.45, 7) is 4.82. The lowest BCUT2D eigenvalue weighted by Gasteiger charge is -2.30. The number of rotatable bonds is 2. The molecular formula is C13H24N2O2. The second-order valence-electron chi connectivity index (χ2n) is 5.84. The number of hydrogen-bond acceptors (Lipinski definition) is 4. The van der Waals surface area contributed by atoms with E-state index in [0.29, 0.717) is 18.9 Å². The van der Waals surface area contributed by atoms with Crippen molar-refractivity contribution in [1.29, 1.82) is 0 Å². The maximum Gasteiger partial charge on any atom is 0.147 e. The summed E-state index contributed by atoms with van der Waals surface area (Å²) in [4.78, 5) is 2.57. The van der Waals surface area contributed by atoms with Crippen LogP contribution >= 0.6 is 0 Å². The second-order valence-corrected chi connectivity index (χ2v) is 5.84. The van der Waals surface area contributed by atoms with E-state index < -0.39 is 0 Å². The number of ether oxygens (including phenoxy) is 2. The van der Waals surface area contributed by atoms with Gasteiger partial charge in [0.25, 0.3) is 0 Å². The van der Waals surface area contributed by atoms with E-state index >= 15 is 0 Å². The predicted molar refractivity (Wildman–Crippen MR) is 65.6 cm³/mol. The van der Waals surface area contributed by atoms with E-state index in [0.717, 1.165) is 31.4 Å². The van der Waals surface area contributed by atoms with E-state index in [1.165, 1.54) is 32.4 Å². The van der Waals surface area contributed by atoms with Crippen molar-refractivity contribution in [2.45, 2.75) is 37.8 Å². The highest BCUT2D eigenvalue weighted by atomic mass is 16.7. The molecule has 2 heterocycles. The van der Waals surface area contributed by atoms with Gasteiger partial charge in [0.2, 0.25) is 0 Å². The van der Waals surface area contributed by atoms with Crippen molar-refractivity contribution in [3.8, 4) is 0 Å². The fourth-order valence-corrected chi connectivity index (χ4v) is 3.69. The molecule has 0 spiro atoms. The van der Waals surface area contributed by atoms with Gasteiger partial charge < -0.3 is 20.1 Å². The number of hydrogen-bond donors (Lipinski definition) is 1. The van der Waals surface area contributed by atoms with E-state index in [1.54, 1.807) is 0 Å². The lowest BCUT2D eigenvalue weighted by Crippen LogP contribution is -2.39. The summed E-state index contributed by atoms with van der Waals surface area (Å²) in [6, 6.07) is 0.439. The first-order chi connectivity index (χ1) is 8.33. The van der Waals surface area contributed by atoms with Gasteiger partial charge in [-0.25, -0.2) is 0 Å². The molecular weight excluding hydrogens is 216 g/mol. The first-order valence-electron chi connectivity index (χ1n) is 7.00. The van der Waals surface area contributed by atoms with Gasteiger partial charge in [-0.05, 0) is 31.1 Å². The Hall–Kier alpha value is -0.160. The van der Waals surface area contributed by atoms with Gasteiger partial charge in [0.15, 0.2) is 0 Å². The molecule has 3 rings (SSSR count). The molecule has 98 valence electrons. The molecule has 0 aromatic heterocycles.